The Balaban J connectivity index is 3.07. The van der Waals surface area contributed by atoms with Crippen molar-refractivity contribution in [3.8, 4) is 0 Å². The molecule has 0 spiro atoms. The molecule has 1 rings (SSSR count). The number of rotatable bonds is 1. The van der Waals surface area contributed by atoms with E-state index in [0.717, 1.165) is 0 Å². The van der Waals surface area contributed by atoms with Crippen molar-refractivity contribution in [3.63, 3.8) is 0 Å². The highest BCUT2D eigenvalue weighted by atomic mass is 19.1. The second-order valence-corrected chi connectivity index (χ2v) is 4.63. The SMILES string of the molecule is CC(c1cc(F)nc(F)c1)C(C)(C)C. The molecule has 0 saturated heterocycles. The monoisotopic (exact) mass is 199 g/mol. The lowest BCUT2D eigenvalue weighted by molar-refractivity contribution is 0.336. The van der Waals surface area contributed by atoms with Crippen molar-refractivity contribution in [1.82, 2.24) is 4.98 Å². The summed E-state index contributed by atoms with van der Waals surface area (Å²) in [5.41, 5.74) is 0.641. The smallest absolute Gasteiger partial charge is 0.191 e. The Morgan fingerprint density at radius 1 is 1.14 bits per heavy atom. The fraction of sp³-hybridized carbons (Fsp3) is 0.545. The summed E-state index contributed by atoms with van der Waals surface area (Å²) in [7, 11) is 0. The Morgan fingerprint density at radius 3 is 1.93 bits per heavy atom. The van der Waals surface area contributed by atoms with Crippen LogP contribution < -0.4 is 0 Å². The van der Waals surface area contributed by atoms with Crippen LogP contribution in [0.3, 0.4) is 0 Å². The van der Waals surface area contributed by atoms with Crippen molar-refractivity contribution in [2.45, 2.75) is 33.6 Å². The third kappa shape index (κ3) is 2.50. The first-order chi connectivity index (χ1) is 6.30. The molecule has 0 aliphatic carbocycles. The van der Waals surface area contributed by atoms with Crippen LogP contribution in [0.4, 0.5) is 8.78 Å². The number of aromatic nitrogens is 1. The third-order valence-electron chi connectivity index (χ3n) is 2.58. The van der Waals surface area contributed by atoms with Gasteiger partial charge in [-0.05, 0) is 29.0 Å². The van der Waals surface area contributed by atoms with E-state index < -0.39 is 11.9 Å². The summed E-state index contributed by atoms with van der Waals surface area (Å²) >= 11 is 0. The maximum absolute atomic E-state index is 12.8. The van der Waals surface area contributed by atoms with Gasteiger partial charge in [0.25, 0.3) is 0 Å². The summed E-state index contributed by atoms with van der Waals surface area (Å²) in [5, 5.41) is 0. The molecule has 0 amide bonds. The lowest BCUT2D eigenvalue weighted by Crippen LogP contribution is -2.16. The second kappa shape index (κ2) is 3.64. The molecule has 1 heterocycles. The van der Waals surface area contributed by atoms with Crippen molar-refractivity contribution in [2.75, 3.05) is 0 Å². The van der Waals surface area contributed by atoms with E-state index in [1.807, 2.05) is 27.7 Å². The topological polar surface area (TPSA) is 12.9 Å². The zero-order valence-electron chi connectivity index (χ0n) is 8.94. The van der Waals surface area contributed by atoms with Crippen LogP contribution >= 0.6 is 0 Å². The summed E-state index contributed by atoms with van der Waals surface area (Å²) in [6.45, 7) is 8.06. The fourth-order valence-electron chi connectivity index (χ4n) is 1.23. The molecule has 0 radical (unpaired) electrons. The van der Waals surface area contributed by atoms with Crippen LogP contribution in [0.15, 0.2) is 12.1 Å². The van der Waals surface area contributed by atoms with Crippen molar-refractivity contribution in [2.24, 2.45) is 5.41 Å². The van der Waals surface area contributed by atoms with Gasteiger partial charge in [-0.3, -0.25) is 0 Å². The number of pyridine rings is 1. The Labute approximate surface area is 83.2 Å². The summed E-state index contributed by atoms with van der Waals surface area (Å²) in [6.07, 6.45) is 0. The maximum Gasteiger partial charge on any atom is 0.215 e. The molecule has 0 aliphatic heterocycles. The minimum atomic E-state index is -0.754. The van der Waals surface area contributed by atoms with Crippen LogP contribution in [-0.4, -0.2) is 4.98 Å². The summed E-state index contributed by atoms with van der Waals surface area (Å²) in [5.74, 6) is -1.42. The van der Waals surface area contributed by atoms with Crippen LogP contribution in [0.5, 0.6) is 0 Å². The van der Waals surface area contributed by atoms with Gasteiger partial charge in [0, 0.05) is 0 Å². The van der Waals surface area contributed by atoms with Crippen molar-refractivity contribution < 1.29 is 8.78 Å². The first kappa shape index (κ1) is 11.1. The number of halogens is 2. The van der Waals surface area contributed by atoms with Gasteiger partial charge in [0.15, 0.2) is 0 Å². The molecule has 0 fully saturated rings. The first-order valence-corrected chi connectivity index (χ1v) is 4.63. The largest absolute Gasteiger partial charge is 0.215 e. The van der Waals surface area contributed by atoms with E-state index in [0.29, 0.717) is 5.56 Å². The maximum atomic E-state index is 12.8. The summed E-state index contributed by atoms with van der Waals surface area (Å²) < 4.78 is 25.7. The second-order valence-electron chi connectivity index (χ2n) is 4.63. The number of hydrogen-bond acceptors (Lipinski definition) is 1. The minimum Gasteiger partial charge on any atom is -0.191 e. The van der Waals surface area contributed by atoms with Crippen LogP contribution in [-0.2, 0) is 0 Å². The van der Waals surface area contributed by atoms with Gasteiger partial charge in [-0.1, -0.05) is 27.7 Å². The van der Waals surface area contributed by atoms with Crippen molar-refractivity contribution in [1.29, 1.82) is 0 Å². The average Bonchev–Trinajstić information content (AvgIpc) is 1.99. The first-order valence-electron chi connectivity index (χ1n) is 4.63. The molecule has 0 bridgehead atoms. The third-order valence-corrected chi connectivity index (χ3v) is 2.58. The van der Waals surface area contributed by atoms with Crippen molar-refractivity contribution in [3.05, 3.63) is 29.6 Å². The molecule has 0 aliphatic rings. The van der Waals surface area contributed by atoms with E-state index in [1.54, 1.807) is 0 Å². The highest BCUT2D eigenvalue weighted by molar-refractivity contribution is 5.18. The van der Waals surface area contributed by atoms with E-state index in [4.69, 9.17) is 0 Å². The molecule has 1 aromatic heterocycles. The Morgan fingerprint density at radius 2 is 1.57 bits per heavy atom. The van der Waals surface area contributed by atoms with Crippen LogP contribution in [0, 0.1) is 17.3 Å². The van der Waals surface area contributed by atoms with Gasteiger partial charge >= 0.3 is 0 Å². The molecule has 1 atom stereocenters. The van der Waals surface area contributed by atoms with Gasteiger partial charge in [-0.25, -0.2) is 0 Å². The summed E-state index contributed by atoms with van der Waals surface area (Å²) in [4.78, 5) is 3.07. The van der Waals surface area contributed by atoms with Gasteiger partial charge in [0.05, 0.1) is 0 Å². The molecule has 3 heteroatoms. The molecule has 1 unspecified atom stereocenters. The standard InChI is InChI=1S/C11H15F2N/c1-7(11(2,3)4)8-5-9(12)14-10(13)6-8/h5-7H,1-4H3. The van der Waals surface area contributed by atoms with Crippen LogP contribution in [0.1, 0.15) is 39.2 Å². The molecular weight excluding hydrogens is 184 g/mol. The number of nitrogens with zero attached hydrogens (tertiary/aromatic N) is 1. The van der Waals surface area contributed by atoms with Gasteiger partial charge in [0.2, 0.25) is 11.9 Å². The normalized spacial score (nSPS) is 14.1. The van der Waals surface area contributed by atoms with Gasteiger partial charge < -0.3 is 0 Å². The minimum absolute atomic E-state index is 0.0137. The zero-order valence-corrected chi connectivity index (χ0v) is 8.94. The molecular formula is C11H15F2N. The fourth-order valence-corrected chi connectivity index (χ4v) is 1.23. The quantitative estimate of drug-likeness (QED) is 0.631. The Kier molecular flexibility index (Phi) is 2.88. The predicted molar refractivity (Wildman–Crippen MR) is 52.0 cm³/mol. The zero-order chi connectivity index (χ0) is 10.9. The highest BCUT2D eigenvalue weighted by Crippen LogP contribution is 2.34. The molecule has 1 aromatic rings. The average molecular weight is 199 g/mol. The predicted octanol–water partition coefficient (Wildman–Crippen LogP) is 3.51. The van der Waals surface area contributed by atoms with Gasteiger partial charge in [-0.15, -0.1) is 0 Å². The van der Waals surface area contributed by atoms with Crippen LogP contribution in [0.25, 0.3) is 0 Å². The van der Waals surface area contributed by atoms with Gasteiger partial charge in [0.1, 0.15) is 0 Å². The molecule has 1 nitrogen and oxygen atoms in total. The van der Waals surface area contributed by atoms with Crippen LogP contribution in [0.2, 0.25) is 0 Å². The Hall–Kier alpha value is -0.990. The molecule has 0 aromatic carbocycles. The molecule has 14 heavy (non-hydrogen) atoms. The lowest BCUT2D eigenvalue weighted by atomic mass is 9.78. The van der Waals surface area contributed by atoms with E-state index in [2.05, 4.69) is 4.98 Å². The summed E-state index contributed by atoms with van der Waals surface area (Å²) in [6, 6.07) is 2.58. The van der Waals surface area contributed by atoms with E-state index in [9.17, 15) is 8.78 Å². The molecule has 0 saturated carbocycles. The highest BCUT2D eigenvalue weighted by Gasteiger charge is 2.22. The number of hydrogen-bond donors (Lipinski definition) is 0. The van der Waals surface area contributed by atoms with E-state index >= 15 is 0 Å². The molecule has 78 valence electrons. The van der Waals surface area contributed by atoms with Gasteiger partial charge in [-0.2, -0.15) is 13.8 Å². The lowest BCUT2D eigenvalue weighted by Gasteiger charge is -2.27. The molecule has 0 N–H and O–H groups in total. The van der Waals surface area contributed by atoms with E-state index in [-0.39, 0.29) is 11.3 Å². The Bertz CT molecular complexity index is 308. The van der Waals surface area contributed by atoms with Crippen molar-refractivity contribution >= 4 is 0 Å². The van der Waals surface area contributed by atoms with E-state index in [1.165, 1.54) is 12.1 Å².